The van der Waals surface area contributed by atoms with E-state index in [4.69, 9.17) is 0 Å². The molecule has 4 nitrogen and oxygen atoms in total. The highest BCUT2D eigenvalue weighted by molar-refractivity contribution is 6.11. The van der Waals surface area contributed by atoms with Crippen LogP contribution in [0.5, 0.6) is 0 Å². The molecule has 0 aliphatic rings. The highest BCUT2D eigenvalue weighted by atomic mass is 16.1. The van der Waals surface area contributed by atoms with Crippen LogP contribution in [0.1, 0.15) is 38.7 Å². The van der Waals surface area contributed by atoms with Crippen molar-refractivity contribution in [3.63, 3.8) is 0 Å². The molecule has 1 atom stereocenters. The maximum atomic E-state index is 13.9. The minimum atomic E-state index is -0.416. The molecule has 2 aromatic heterocycles. The lowest BCUT2D eigenvalue weighted by Crippen LogP contribution is -2.30. The number of hydrogen-bond acceptors (Lipinski definition) is 3. The summed E-state index contributed by atoms with van der Waals surface area (Å²) in [5, 5.41) is 4.48. The molecule has 0 spiro atoms. The van der Waals surface area contributed by atoms with E-state index in [9.17, 15) is 4.79 Å². The van der Waals surface area contributed by atoms with Crippen molar-refractivity contribution in [1.82, 2.24) is 15.3 Å². The summed E-state index contributed by atoms with van der Waals surface area (Å²) in [5.41, 5.74) is 8.56. The molecule has 0 aliphatic carbocycles. The van der Waals surface area contributed by atoms with E-state index in [2.05, 4.69) is 65.5 Å². The molecule has 0 radical (unpaired) electrons. The van der Waals surface area contributed by atoms with E-state index < -0.39 is 6.04 Å². The van der Waals surface area contributed by atoms with E-state index >= 15 is 0 Å². The molecule has 4 heteroatoms. The molecule has 2 N–H and O–H groups in total. The monoisotopic (exact) mass is 459 g/mol. The summed E-state index contributed by atoms with van der Waals surface area (Å²) < 4.78 is 0. The highest BCUT2D eigenvalue weighted by Crippen LogP contribution is 2.32. The Morgan fingerprint density at radius 3 is 2.40 bits per heavy atom. The van der Waals surface area contributed by atoms with Gasteiger partial charge in [-0.2, -0.15) is 0 Å². The number of nitrogens with one attached hydrogen (secondary N) is 2. The third-order valence-electron chi connectivity index (χ3n) is 6.65. The molecular weight excluding hydrogens is 430 g/mol. The zero-order valence-electron chi connectivity index (χ0n) is 20.1. The largest absolute Gasteiger partial charge is 0.360 e. The van der Waals surface area contributed by atoms with Crippen LogP contribution in [0.4, 0.5) is 0 Å². The summed E-state index contributed by atoms with van der Waals surface area (Å²) in [4.78, 5) is 21.4. The minimum Gasteiger partial charge on any atom is -0.360 e. The second-order valence-corrected chi connectivity index (χ2v) is 9.00. The topological polar surface area (TPSA) is 57.8 Å². The van der Waals surface area contributed by atoms with Gasteiger partial charge in [0.05, 0.1) is 6.04 Å². The number of pyridine rings is 1. The fourth-order valence-corrected chi connectivity index (χ4v) is 4.67. The number of ketones is 1. The second-order valence-electron chi connectivity index (χ2n) is 9.00. The Bertz CT molecular complexity index is 1440. The quantitative estimate of drug-likeness (QED) is 0.257. The van der Waals surface area contributed by atoms with Gasteiger partial charge in [-0.1, -0.05) is 72.3 Å². The van der Waals surface area contributed by atoms with Gasteiger partial charge >= 0.3 is 0 Å². The SMILES string of the molecule is Cc1ccc(CCN[C@H](C(=O)c2c[nH]c3c(C)c(-c4ccncc4)ccc23)c2ccccc2)cc1. The number of carbonyl (C=O) groups is 1. The number of aryl methyl sites for hydroxylation is 2. The normalized spacial score (nSPS) is 12.1. The molecule has 0 bridgehead atoms. The van der Waals surface area contributed by atoms with E-state index in [1.807, 2.05) is 48.7 Å². The lowest BCUT2D eigenvalue weighted by Gasteiger charge is -2.18. The van der Waals surface area contributed by atoms with E-state index in [0.29, 0.717) is 12.1 Å². The number of benzene rings is 3. The first-order valence-corrected chi connectivity index (χ1v) is 12.0. The number of nitrogens with zero attached hydrogens (tertiary/aromatic N) is 1. The van der Waals surface area contributed by atoms with Crippen molar-refractivity contribution >= 4 is 16.7 Å². The highest BCUT2D eigenvalue weighted by Gasteiger charge is 2.24. The fraction of sp³-hybridized carbons (Fsp3) is 0.161. The lowest BCUT2D eigenvalue weighted by atomic mass is 9.94. The number of fused-ring (bicyclic) bond motifs is 1. The Hall–Kier alpha value is -4.02. The van der Waals surface area contributed by atoms with Gasteiger partial charge in [0.2, 0.25) is 0 Å². The molecule has 0 amide bonds. The van der Waals surface area contributed by atoms with Crippen molar-refractivity contribution in [2.24, 2.45) is 0 Å². The second kappa shape index (κ2) is 10.1. The van der Waals surface area contributed by atoms with E-state index in [-0.39, 0.29) is 5.78 Å². The van der Waals surface area contributed by atoms with Crippen LogP contribution in [0, 0.1) is 13.8 Å². The first-order chi connectivity index (χ1) is 17.1. The summed E-state index contributed by atoms with van der Waals surface area (Å²) in [6, 6.07) is 26.3. The molecule has 0 unspecified atom stereocenters. The Morgan fingerprint density at radius 2 is 1.66 bits per heavy atom. The molecule has 35 heavy (non-hydrogen) atoms. The molecule has 0 saturated carbocycles. The van der Waals surface area contributed by atoms with Gasteiger partial charge < -0.3 is 10.3 Å². The summed E-state index contributed by atoms with van der Waals surface area (Å²) in [6.45, 7) is 4.90. The number of Topliss-reactive ketones (excluding diaryl/α,β-unsaturated/α-hetero) is 1. The van der Waals surface area contributed by atoms with Crippen LogP contribution in [0.3, 0.4) is 0 Å². The summed E-state index contributed by atoms with van der Waals surface area (Å²) in [5.74, 6) is 0.0717. The summed E-state index contributed by atoms with van der Waals surface area (Å²) in [6.07, 6.45) is 6.32. The van der Waals surface area contributed by atoms with Crippen LogP contribution in [0.25, 0.3) is 22.0 Å². The number of rotatable bonds is 8. The van der Waals surface area contributed by atoms with Crippen molar-refractivity contribution in [3.05, 3.63) is 125 Å². The Balaban J connectivity index is 1.44. The number of aromatic amines is 1. The molecule has 5 aromatic rings. The third kappa shape index (κ3) is 4.79. The molecule has 0 aliphatic heterocycles. The summed E-state index contributed by atoms with van der Waals surface area (Å²) >= 11 is 0. The fourth-order valence-electron chi connectivity index (χ4n) is 4.67. The summed E-state index contributed by atoms with van der Waals surface area (Å²) in [7, 11) is 0. The number of carbonyl (C=O) groups excluding carboxylic acids is 1. The molecule has 3 aromatic carbocycles. The standard InChI is InChI=1S/C31H29N3O/c1-21-8-10-23(11-9-21)14-19-33-30(25-6-4-3-5-7-25)31(35)28-20-34-29-22(2)26(12-13-27(28)29)24-15-17-32-18-16-24/h3-13,15-18,20,30,33-34H,14,19H2,1-2H3/t30-/m0/s1. The van der Waals surface area contributed by atoms with E-state index in [1.165, 1.54) is 11.1 Å². The maximum absolute atomic E-state index is 13.9. The first-order valence-electron chi connectivity index (χ1n) is 12.0. The molecule has 2 heterocycles. The maximum Gasteiger partial charge on any atom is 0.186 e. The Kier molecular flexibility index (Phi) is 6.55. The molecule has 174 valence electrons. The van der Waals surface area contributed by atoms with E-state index in [0.717, 1.165) is 39.6 Å². The lowest BCUT2D eigenvalue weighted by molar-refractivity contribution is 0.0945. The van der Waals surface area contributed by atoms with Crippen LogP contribution in [-0.4, -0.2) is 22.3 Å². The van der Waals surface area contributed by atoms with Crippen LogP contribution in [0.15, 0.2) is 97.5 Å². The molecule has 5 rings (SSSR count). The predicted octanol–water partition coefficient (Wildman–Crippen LogP) is 6.60. The van der Waals surface area contributed by atoms with Crippen molar-refractivity contribution in [1.29, 1.82) is 0 Å². The van der Waals surface area contributed by atoms with Crippen LogP contribution < -0.4 is 5.32 Å². The van der Waals surface area contributed by atoms with Crippen molar-refractivity contribution in [2.75, 3.05) is 6.54 Å². The molecular formula is C31H29N3O. The number of H-pyrrole nitrogens is 1. The predicted molar refractivity (Wildman–Crippen MR) is 143 cm³/mol. The van der Waals surface area contributed by atoms with Gasteiger partial charge in [0.25, 0.3) is 0 Å². The van der Waals surface area contributed by atoms with Gasteiger partial charge in [0, 0.05) is 41.6 Å². The minimum absolute atomic E-state index is 0.0717. The van der Waals surface area contributed by atoms with Crippen LogP contribution in [0.2, 0.25) is 0 Å². The Labute approximate surface area is 206 Å². The van der Waals surface area contributed by atoms with Gasteiger partial charge in [-0.05, 0) is 60.2 Å². The third-order valence-corrected chi connectivity index (χ3v) is 6.65. The average molecular weight is 460 g/mol. The van der Waals surface area contributed by atoms with Gasteiger partial charge in [0.15, 0.2) is 5.78 Å². The van der Waals surface area contributed by atoms with Crippen LogP contribution in [-0.2, 0) is 6.42 Å². The van der Waals surface area contributed by atoms with Crippen molar-refractivity contribution < 1.29 is 4.79 Å². The average Bonchev–Trinajstić information content (AvgIpc) is 3.34. The molecule has 0 saturated heterocycles. The van der Waals surface area contributed by atoms with Crippen LogP contribution >= 0.6 is 0 Å². The van der Waals surface area contributed by atoms with E-state index in [1.54, 1.807) is 12.4 Å². The van der Waals surface area contributed by atoms with Gasteiger partial charge in [-0.15, -0.1) is 0 Å². The van der Waals surface area contributed by atoms with Gasteiger partial charge in [-0.25, -0.2) is 0 Å². The number of aromatic nitrogens is 2. The Morgan fingerprint density at radius 1 is 0.914 bits per heavy atom. The first kappa shape index (κ1) is 22.8. The van der Waals surface area contributed by atoms with Gasteiger partial charge in [0.1, 0.15) is 0 Å². The smallest absolute Gasteiger partial charge is 0.186 e. The zero-order chi connectivity index (χ0) is 24.2. The zero-order valence-corrected chi connectivity index (χ0v) is 20.1. The van der Waals surface area contributed by atoms with Crippen molar-refractivity contribution in [2.45, 2.75) is 26.3 Å². The van der Waals surface area contributed by atoms with Gasteiger partial charge in [-0.3, -0.25) is 9.78 Å². The molecule has 0 fully saturated rings. The number of hydrogen-bond donors (Lipinski definition) is 2. The van der Waals surface area contributed by atoms with Crippen molar-refractivity contribution in [3.8, 4) is 11.1 Å².